The molecule has 2 radical (unpaired) electrons. The second-order valence-corrected chi connectivity index (χ2v) is 3.49. The average Bonchev–Trinajstić information content (AvgIpc) is 1.79. The highest BCUT2D eigenvalue weighted by atomic mass is 16.1. The Morgan fingerprint density at radius 2 is 2.00 bits per heavy atom. The molecule has 0 heterocycles. The van der Waals surface area contributed by atoms with Crippen molar-refractivity contribution >= 4 is 19.9 Å². The van der Waals surface area contributed by atoms with Gasteiger partial charge in [0.05, 0.1) is 6.04 Å². The van der Waals surface area contributed by atoms with E-state index in [1.54, 1.807) is 0 Å². The average molecular weight is 153 g/mol. The number of rotatable bonds is 2. The largest absolute Gasteiger partial charge is 0.356 e. The molecule has 0 bridgehead atoms. The van der Waals surface area contributed by atoms with Crippen LogP contribution in [0.2, 0.25) is 0 Å². The summed E-state index contributed by atoms with van der Waals surface area (Å²) in [6.07, 6.45) is 0.685. The fourth-order valence-corrected chi connectivity index (χ4v) is 0.608. The van der Waals surface area contributed by atoms with Crippen LogP contribution < -0.4 is 5.32 Å². The summed E-state index contributed by atoms with van der Waals surface area (Å²) < 4.78 is 0. The molecule has 0 aromatic carbocycles. The summed E-state index contributed by atoms with van der Waals surface area (Å²) in [7, 11) is 4.86. The number of hydrogen-bond acceptors (Lipinski definition) is 2. The van der Waals surface area contributed by atoms with E-state index in [-0.39, 0.29) is 5.41 Å². The molecule has 0 aliphatic heterocycles. The molecule has 0 unspecified atom stereocenters. The van der Waals surface area contributed by atoms with Crippen molar-refractivity contribution in [3.05, 3.63) is 0 Å². The molecule has 0 aromatic heterocycles. The van der Waals surface area contributed by atoms with Gasteiger partial charge in [0.2, 0.25) is 7.85 Å². The van der Waals surface area contributed by atoms with Crippen molar-refractivity contribution in [2.75, 3.05) is 0 Å². The molecule has 3 nitrogen and oxygen atoms in total. The molecule has 60 valence electrons. The molecule has 1 atom stereocenters. The fourth-order valence-electron chi connectivity index (χ4n) is 0.608. The van der Waals surface area contributed by atoms with E-state index in [1.807, 2.05) is 20.8 Å². The molecule has 0 saturated carbocycles. The predicted molar refractivity (Wildman–Crippen MR) is 43.6 cm³/mol. The minimum absolute atomic E-state index is 0.281. The predicted octanol–water partition coefficient (Wildman–Crippen LogP) is 0.478. The highest BCUT2D eigenvalue weighted by Crippen LogP contribution is 2.17. The second kappa shape index (κ2) is 3.55. The lowest BCUT2D eigenvalue weighted by atomic mass is 9.87. The first kappa shape index (κ1) is 10.2. The summed E-state index contributed by atoms with van der Waals surface area (Å²) in [4.78, 5) is 20.8. The van der Waals surface area contributed by atoms with Gasteiger partial charge in [0.25, 0.3) is 0 Å². The topological polar surface area (TPSA) is 46.2 Å². The van der Waals surface area contributed by atoms with Crippen LogP contribution in [0.1, 0.15) is 20.8 Å². The van der Waals surface area contributed by atoms with E-state index in [2.05, 4.69) is 5.32 Å². The molecule has 0 fully saturated rings. The standard InChI is InChI=1S/C7H12BNO2/c1-7(2,3)5(4-10)9-6(8)11/h4-5H,1-3H3,(H,9,11)/t5-/m1/s1. The van der Waals surface area contributed by atoms with Crippen molar-refractivity contribution in [2.45, 2.75) is 26.8 Å². The molecule has 0 rings (SSSR count). The van der Waals surface area contributed by atoms with Crippen LogP contribution in [0.5, 0.6) is 0 Å². The van der Waals surface area contributed by atoms with Crippen molar-refractivity contribution in [3.8, 4) is 0 Å². The van der Waals surface area contributed by atoms with Gasteiger partial charge in [0.15, 0.2) is 5.81 Å². The normalized spacial score (nSPS) is 13.7. The number of carbonyl (C=O) groups excluding carboxylic acids is 2. The SMILES string of the molecule is [B]C(=O)N[C@H](C=O)C(C)(C)C. The van der Waals surface area contributed by atoms with E-state index in [4.69, 9.17) is 7.85 Å². The highest BCUT2D eigenvalue weighted by Gasteiger charge is 2.23. The second-order valence-electron chi connectivity index (χ2n) is 3.49. The lowest BCUT2D eigenvalue weighted by molar-refractivity contribution is -0.111. The maximum absolute atomic E-state index is 10.4. The minimum Gasteiger partial charge on any atom is -0.356 e. The van der Waals surface area contributed by atoms with Crippen molar-refractivity contribution in [1.29, 1.82) is 0 Å². The Kier molecular flexibility index (Phi) is 3.30. The van der Waals surface area contributed by atoms with Gasteiger partial charge in [-0.3, -0.25) is 4.79 Å². The van der Waals surface area contributed by atoms with Gasteiger partial charge in [0, 0.05) is 0 Å². The van der Waals surface area contributed by atoms with Crippen LogP contribution in [0, 0.1) is 5.41 Å². The molecule has 11 heavy (non-hydrogen) atoms. The third-order valence-corrected chi connectivity index (χ3v) is 1.37. The van der Waals surface area contributed by atoms with E-state index in [9.17, 15) is 9.59 Å². The summed E-state index contributed by atoms with van der Waals surface area (Å²) >= 11 is 0. The number of aldehydes is 1. The molecule has 0 spiro atoms. The Hall–Kier alpha value is -0.795. The lowest BCUT2D eigenvalue weighted by Crippen LogP contribution is -2.44. The fraction of sp³-hybridized carbons (Fsp3) is 0.714. The Morgan fingerprint density at radius 3 is 2.09 bits per heavy atom. The van der Waals surface area contributed by atoms with Crippen LogP contribution in [0.15, 0.2) is 0 Å². The monoisotopic (exact) mass is 153 g/mol. The van der Waals surface area contributed by atoms with Crippen LogP contribution >= 0.6 is 0 Å². The summed E-state index contributed by atoms with van der Waals surface area (Å²) in [5.74, 6) is -0.669. The lowest BCUT2D eigenvalue weighted by Gasteiger charge is -2.26. The number of carbonyl (C=O) groups is 2. The summed E-state index contributed by atoms with van der Waals surface area (Å²) in [5, 5.41) is 2.34. The van der Waals surface area contributed by atoms with E-state index < -0.39 is 11.8 Å². The number of amides is 1. The first-order valence-corrected chi connectivity index (χ1v) is 3.39. The van der Waals surface area contributed by atoms with E-state index in [1.165, 1.54) is 0 Å². The van der Waals surface area contributed by atoms with Crippen molar-refractivity contribution in [1.82, 2.24) is 5.32 Å². The van der Waals surface area contributed by atoms with Crippen molar-refractivity contribution < 1.29 is 9.59 Å². The Balaban J connectivity index is 4.18. The Bertz CT molecular complexity index is 162. The van der Waals surface area contributed by atoms with Gasteiger partial charge < -0.3 is 10.1 Å². The molecule has 4 heteroatoms. The zero-order valence-electron chi connectivity index (χ0n) is 7.05. The van der Waals surface area contributed by atoms with E-state index in [0.717, 1.165) is 0 Å². The van der Waals surface area contributed by atoms with Crippen molar-refractivity contribution in [2.24, 2.45) is 5.41 Å². The number of hydrogen-bond donors (Lipinski definition) is 1. The molecule has 1 N–H and O–H groups in total. The van der Waals surface area contributed by atoms with Gasteiger partial charge in [-0.1, -0.05) is 20.8 Å². The Labute approximate surface area is 68.0 Å². The maximum atomic E-state index is 10.4. The van der Waals surface area contributed by atoms with Gasteiger partial charge in [-0.05, 0) is 5.41 Å². The molecule has 1 amide bonds. The molecular weight excluding hydrogens is 141 g/mol. The van der Waals surface area contributed by atoms with Crippen LogP contribution in [-0.2, 0) is 4.79 Å². The maximum Gasteiger partial charge on any atom is 0.200 e. The third-order valence-electron chi connectivity index (χ3n) is 1.37. The molecule has 0 saturated heterocycles. The molecule has 0 aromatic rings. The third kappa shape index (κ3) is 3.81. The Morgan fingerprint density at radius 1 is 1.55 bits per heavy atom. The van der Waals surface area contributed by atoms with Gasteiger partial charge in [-0.25, -0.2) is 0 Å². The number of nitrogens with one attached hydrogen (secondary N) is 1. The first-order chi connectivity index (χ1) is 4.88. The van der Waals surface area contributed by atoms with Crippen molar-refractivity contribution in [3.63, 3.8) is 0 Å². The summed E-state index contributed by atoms with van der Waals surface area (Å²) in [6.45, 7) is 5.55. The zero-order valence-corrected chi connectivity index (χ0v) is 7.05. The molecule has 0 aliphatic carbocycles. The van der Waals surface area contributed by atoms with Crippen LogP contribution in [-0.4, -0.2) is 26.0 Å². The van der Waals surface area contributed by atoms with Gasteiger partial charge in [-0.2, -0.15) is 0 Å². The molecule has 0 aliphatic rings. The van der Waals surface area contributed by atoms with E-state index in [0.29, 0.717) is 6.29 Å². The van der Waals surface area contributed by atoms with E-state index >= 15 is 0 Å². The van der Waals surface area contributed by atoms with Crippen LogP contribution in [0.4, 0.5) is 4.79 Å². The van der Waals surface area contributed by atoms with Gasteiger partial charge in [-0.15, -0.1) is 0 Å². The quantitative estimate of drug-likeness (QED) is 0.463. The van der Waals surface area contributed by atoms with Gasteiger partial charge in [0.1, 0.15) is 6.29 Å². The van der Waals surface area contributed by atoms with Crippen LogP contribution in [0.25, 0.3) is 0 Å². The molecular formula is C7H12BNO2. The smallest absolute Gasteiger partial charge is 0.200 e. The summed E-state index contributed by atoms with van der Waals surface area (Å²) in [5.41, 5.74) is -0.281. The van der Waals surface area contributed by atoms with Gasteiger partial charge >= 0.3 is 0 Å². The zero-order chi connectivity index (χ0) is 9.07. The highest BCUT2D eigenvalue weighted by molar-refractivity contribution is 6.57. The summed E-state index contributed by atoms with van der Waals surface area (Å²) in [6, 6.07) is -0.514. The minimum atomic E-state index is -0.669. The van der Waals surface area contributed by atoms with Crippen LogP contribution in [0.3, 0.4) is 0 Å². The first-order valence-electron chi connectivity index (χ1n) is 3.39.